The molecule has 0 N–H and O–H groups in total. The summed E-state index contributed by atoms with van der Waals surface area (Å²) in [6, 6.07) is 19.6. The van der Waals surface area contributed by atoms with Crippen molar-refractivity contribution in [3.05, 3.63) is 112 Å². The molecule has 1 amide bonds. The smallest absolute Gasteiger partial charge is 0.275 e. The van der Waals surface area contributed by atoms with Crippen molar-refractivity contribution in [3.8, 4) is 11.3 Å². The predicted octanol–water partition coefficient (Wildman–Crippen LogP) is 4.35. The van der Waals surface area contributed by atoms with Gasteiger partial charge in [-0.15, -0.1) is 0 Å². The minimum atomic E-state index is -4.17. The summed E-state index contributed by atoms with van der Waals surface area (Å²) in [7, 11) is -0.768. The summed E-state index contributed by atoms with van der Waals surface area (Å²) in [6.45, 7) is 1.88. The SMILES string of the molecule is Cc1ccc(S(=O)(=O)n2c(-c3cccnc3)cc3c([C@H]4C[C@]45C(=O)N(C)c4ccccc45)cn(C)c(=O)c32)cc1. The van der Waals surface area contributed by atoms with Crippen LogP contribution in [-0.2, 0) is 27.3 Å². The lowest BCUT2D eigenvalue weighted by molar-refractivity contribution is -0.120. The van der Waals surface area contributed by atoms with Crippen LogP contribution in [0.1, 0.15) is 29.0 Å². The Hall–Kier alpha value is -4.50. The minimum absolute atomic E-state index is 0.0138. The van der Waals surface area contributed by atoms with Crippen LogP contribution in [0.5, 0.6) is 0 Å². The van der Waals surface area contributed by atoms with E-state index in [1.807, 2.05) is 31.2 Å². The number of para-hydroxylation sites is 1. The molecule has 1 spiro atoms. The molecule has 4 heterocycles. The molecule has 0 unspecified atom stereocenters. The number of hydrogen-bond acceptors (Lipinski definition) is 5. The van der Waals surface area contributed by atoms with Gasteiger partial charge < -0.3 is 9.47 Å². The molecule has 0 radical (unpaired) electrons. The number of rotatable bonds is 4. The highest BCUT2D eigenvalue weighted by Gasteiger charge is 2.67. The molecular formula is C31H26N4O4S. The van der Waals surface area contributed by atoms with Gasteiger partial charge in [0.2, 0.25) is 5.91 Å². The van der Waals surface area contributed by atoms with Crippen LogP contribution in [0.2, 0.25) is 0 Å². The first-order valence-electron chi connectivity index (χ1n) is 13.0. The lowest BCUT2D eigenvalue weighted by Crippen LogP contribution is -2.29. The Kier molecular flexibility index (Phi) is 5.06. The second kappa shape index (κ2) is 8.25. The van der Waals surface area contributed by atoms with Gasteiger partial charge in [-0.1, -0.05) is 35.9 Å². The van der Waals surface area contributed by atoms with Crippen molar-refractivity contribution in [2.45, 2.75) is 29.6 Å². The second-order valence-electron chi connectivity index (χ2n) is 10.7. The molecule has 5 aromatic rings. The molecule has 3 aromatic heterocycles. The maximum Gasteiger partial charge on any atom is 0.275 e. The summed E-state index contributed by atoms with van der Waals surface area (Å²) in [5.74, 6) is -0.194. The summed E-state index contributed by atoms with van der Waals surface area (Å²) in [6.07, 6.45) is 5.54. The fourth-order valence-corrected chi connectivity index (χ4v) is 7.84. The van der Waals surface area contributed by atoms with E-state index in [0.29, 0.717) is 23.1 Å². The Morgan fingerprint density at radius 3 is 2.45 bits per heavy atom. The monoisotopic (exact) mass is 550 g/mol. The van der Waals surface area contributed by atoms with E-state index in [-0.39, 0.29) is 22.2 Å². The number of amides is 1. The quantitative estimate of drug-likeness (QED) is 0.332. The standard InChI is InChI=1S/C31H26N4O4S/c1-19-10-12-21(13-11-19)40(38,39)35-27(20-7-6-14-32-17-20)15-22-23(18-33(2)29(36)28(22)35)25-16-31(25)24-8-4-5-9-26(24)34(3)30(31)37/h4-15,17-18,25H,16H2,1-3H3/t25-,31-/m1/s1. The van der Waals surface area contributed by atoms with E-state index >= 15 is 0 Å². The Balaban J connectivity index is 1.52. The number of benzene rings is 2. The van der Waals surface area contributed by atoms with Gasteiger partial charge in [0.1, 0.15) is 5.52 Å². The van der Waals surface area contributed by atoms with E-state index in [1.54, 1.807) is 80.1 Å². The number of fused-ring (bicyclic) bond motifs is 3. The zero-order chi connectivity index (χ0) is 28.0. The number of carbonyl (C=O) groups excluding carboxylic acids is 1. The van der Waals surface area contributed by atoms with Gasteiger partial charge in [0.25, 0.3) is 15.6 Å². The van der Waals surface area contributed by atoms with Crippen molar-refractivity contribution in [2.24, 2.45) is 7.05 Å². The lowest BCUT2D eigenvalue weighted by Gasteiger charge is -2.14. The summed E-state index contributed by atoms with van der Waals surface area (Å²) in [5.41, 5.74) is 3.35. The number of aryl methyl sites for hydroxylation is 2. The first kappa shape index (κ1) is 24.5. The Bertz CT molecular complexity index is 2030. The maximum atomic E-state index is 14.2. The van der Waals surface area contributed by atoms with Crippen molar-refractivity contribution >= 4 is 32.5 Å². The van der Waals surface area contributed by atoms with Crippen LogP contribution in [-0.4, -0.2) is 34.9 Å². The zero-order valence-electron chi connectivity index (χ0n) is 22.2. The lowest BCUT2D eigenvalue weighted by atomic mass is 9.91. The second-order valence-corrected chi connectivity index (χ2v) is 12.5. The van der Waals surface area contributed by atoms with Gasteiger partial charge in [0, 0.05) is 55.2 Å². The van der Waals surface area contributed by atoms with Gasteiger partial charge in [-0.05, 0) is 60.9 Å². The molecule has 1 aliphatic heterocycles. The van der Waals surface area contributed by atoms with Crippen molar-refractivity contribution in [1.29, 1.82) is 0 Å². The fourth-order valence-electron chi connectivity index (χ4n) is 6.32. The number of aromatic nitrogens is 3. The normalized spacial score (nSPS) is 19.9. The largest absolute Gasteiger partial charge is 0.316 e. The van der Waals surface area contributed by atoms with Crippen LogP contribution >= 0.6 is 0 Å². The van der Waals surface area contributed by atoms with Crippen molar-refractivity contribution in [1.82, 2.24) is 13.5 Å². The molecule has 2 atom stereocenters. The number of nitrogens with zero attached hydrogens (tertiary/aromatic N) is 4. The highest BCUT2D eigenvalue weighted by molar-refractivity contribution is 7.90. The van der Waals surface area contributed by atoms with Crippen LogP contribution in [0.4, 0.5) is 5.69 Å². The Morgan fingerprint density at radius 2 is 1.73 bits per heavy atom. The first-order valence-corrected chi connectivity index (χ1v) is 14.5. The van der Waals surface area contributed by atoms with Crippen LogP contribution in [0.3, 0.4) is 0 Å². The Labute approximate surface area is 231 Å². The first-order chi connectivity index (χ1) is 19.2. The van der Waals surface area contributed by atoms with Crippen LogP contribution in [0, 0.1) is 6.92 Å². The van der Waals surface area contributed by atoms with Crippen LogP contribution in [0.15, 0.2) is 95.0 Å². The highest BCUT2D eigenvalue weighted by atomic mass is 32.2. The third-order valence-electron chi connectivity index (χ3n) is 8.41. The molecular weight excluding hydrogens is 524 g/mol. The minimum Gasteiger partial charge on any atom is -0.316 e. The van der Waals surface area contributed by atoms with E-state index in [0.717, 1.165) is 26.4 Å². The number of anilines is 1. The maximum absolute atomic E-state index is 14.2. The van der Waals surface area contributed by atoms with E-state index in [1.165, 1.54) is 4.57 Å². The summed E-state index contributed by atoms with van der Waals surface area (Å²) in [5, 5.41) is 0.527. The molecule has 1 saturated carbocycles. The van der Waals surface area contributed by atoms with E-state index < -0.39 is 21.0 Å². The summed E-state index contributed by atoms with van der Waals surface area (Å²) >= 11 is 0. The average molecular weight is 551 g/mol. The van der Waals surface area contributed by atoms with Crippen molar-refractivity contribution in [2.75, 3.05) is 11.9 Å². The van der Waals surface area contributed by atoms with Gasteiger partial charge >= 0.3 is 0 Å². The van der Waals surface area contributed by atoms with E-state index in [2.05, 4.69) is 4.98 Å². The zero-order valence-corrected chi connectivity index (χ0v) is 23.0. The summed E-state index contributed by atoms with van der Waals surface area (Å²) in [4.78, 5) is 33.4. The fraction of sp³-hybridized carbons (Fsp3) is 0.194. The van der Waals surface area contributed by atoms with Gasteiger partial charge in [0.05, 0.1) is 16.0 Å². The molecule has 200 valence electrons. The number of pyridine rings is 2. The third kappa shape index (κ3) is 3.18. The molecule has 0 saturated heterocycles. The molecule has 1 fully saturated rings. The average Bonchev–Trinajstić information content (AvgIpc) is 3.51. The molecule has 40 heavy (non-hydrogen) atoms. The molecule has 8 nitrogen and oxygen atoms in total. The summed E-state index contributed by atoms with van der Waals surface area (Å²) < 4.78 is 31.0. The molecule has 9 heteroatoms. The van der Waals surface area contributed by atoms with E-state index in [4.69, 9.17) is 0 Å². The molecule has 2 aromatic carbocycles. The van der Waals surface area contributed by atoms with Gasteiger partial charge in [-0.2, -0.15) is 0 Å². The van der Waals surface area contributed by atoms with Crippen molar-refractivity contribution in [3.63, 3.8) is 0 Å². The number of carbonyl (C=O) groups is 1. The predicted molar refractivity (Wildman–Crippen MR) is 153 cm³/mol. The van der Waals surface area contributed by atoms with Crippen molar-refractivity contribution < 1.29 is 13.2 Å². The van der Waals surface area contributed by atoms with Gasteiger partial charge in [-0.25, -0.2) is 12.4 Å². The highest BCUT2D eigenvalue weighted by Crippen LogP contribution is 2.66. The van der Waals surface area contributed by atoms with Crippen LogP contribution < -0.4 is 10.5 Å². The molecule has 1 aliphatic carbocycles. The Morgan fingerprint density at radius 1 is 0.975 bits per heavy atom. The van der Waals surface area contributed by atoms with Gasteiger partial charge in [-0.3, -0.25) is 14.6 Å². The third-order valence-corrected chi connectivity index (χ3v) is 10.1. The molecule has 2 aliphatic rings. The van der Waals surface area contributed by atoms with Gasteiger partial charge in [0.15, 0.2) is 0 Å². The molecule has 7 rings (SSSR count). The molecule has 0 bridgehead atoms. The van der Waals surface area contributed by atoms with Crippen LogP contribution in [0.25, 0.3) is 22.2 Å². The topological polar surface area (TPSA) is 94.3 Å². The number of likely N-dealkylation sites (N-methyl/N-ethyl adjacent to an activating group) is 1. The number of hydrogen-bond donors (Lipinski definition) is 0. The van der Waals surface area contributed by atoms with E-state index in [9.17, 15) is 18.0 Å².